The van der Waals surface area contributed by atoms with Crippen LogP contribution in [0.4, 0.5) is 14.5 Å². The number of carbonyl (C=O) groups is 1. The molecule has 1 aromatic heterocycles. The Kier molecular flexibility index (Phi) is 3.93. The summed E-state index contributed by atoms with van der Waals surface area (Å²) in [6.07, 6.45) is 0. The van der Waals surface area contributed by atoms with E-state index in [1.165, 1.54) is 36.4 Å². The lowest BCUT2D eigenvalue weighted by atomic mass is 10.1. The van der Waals surface area contributed by atoms with E-state index in [0.29, 0.717) is 33.5 Å². The third-order valence-electron chi connectivity index (χ3n) is 3.95. The maximum Gasteiger partial charge on any atom is 0.255 e. The summed E-state index contributed by atoms with van der Waals surface area (Å²) < 4.78 is 31.4. The van der Waals surface area contributed by atoms with Gasteiger partial charge in [0.15, 0.2) is 5.76 Å². The smallest absolute Gasteiger partial charge is 0.255 e. The summed E-state index contributed by atoms with van der Waals surface area (Å²) in [7, 11) is 0. The predicted molar refractivity (Wildman–Crippen MR) is 93.8 cm³/mol. The van der Waals surface area contributed by atoms with Crippen LogP contribution in [0.15, 0.2) is 71.3 Å². The van der Waals surface area contributed by atoms with Crippen LogP contribution in [-0.4, -0.2) is 11.1 Å². The number of hydrogen-bond acceptors (Lipinski definition) is 3. The van der Waals surface area contributed by atoms with E-state index in [0.717, 1.165) is 0 Å². The lowest BCUT2D eigenvalue weighted by Gasteiger charge is -2.05. The molecule has 1 N–H and O–H groups in total. The monoisotopic (exact) mass is 350 g/mol. The molecular formula is C20H12F2N2O2. The number of hydrogen-bond donors (Lipinski definition) is 1. The van der Waals surface area contributed by atoms with Crippen molar-refractivity contribution in [1.29, 1.82) is 0 Å². The lowest BCUT2D eigenvalue weighted by molar-refractivity contribution is 0.102. The highest BCUT2D eigenvalue weighted by molar-refractivity contribution is 6.07. The molecule has 0 spiro atoms. The number of rotatable bonds is 3. The van der Waals surface area contributed by atoms with Crippen molar-refractivity contribution in [3.63, 3.8) is 0 Å². The Balaban J connectivity index is 1.68. The molecule has 1 amide bonds. The van der Waals surface area contributed by atoms with Gasteiger partial charge in [-0.1, -0.05) is 5.16 Å². The van der Waals surface area contributed by atoms with Crippen LogP contribution in [0, 0.1) is 11.6 Å². The average molecular weight is 350 g/mol. The number of anilines is 1. The molecular weight excluding hydrogens is 338 g/mol. The molecule has 4 rings (SSSR count). The molecule has 1 heterocycles. The Bertz CT molecular complexity index is 1090. The Labute approximate surface area is 147 Å². The molecule has 0 fully saturated rings. The number of benzene rings is 3. The Hall–Kier alpha value is -3.54. The van der Waals surface area contributed by atoms with E-state index >= 15 is 0 Å². The highest BCUT2D eigenvalue weighted by Crippen LogP contribution is 2.29. The van der Waals surface area contributed by atoms with Crippen molar-refractivity contribution in [3.05, 3.63) is 83.9 Å². The molecule has 0 radical (unpaired) electrons. The number of halogens is 2. The van der Waals surface area contributed by atoms with Crippen molar-refractivity contribution in [2.75, 3.05) is 5.32 Å². The first-order valence-electron chi connectivity index (χ1n) is 7.82. The van der Waals surface area contributed by atoms with Crippen LogP contribution in [0.1, 0.15) is 10.4 Å². The first kappa shape index (κ1) is 16.0. The maximum atomic E-state index is 13.1. The van der Waals surface area contributed by atoms with Crippen molar-refractivity contribution in [1.82, 2.24) is 5.16 Å². The van der Waals surface area contributed by atoms with Crippen LogP contribution in [0.3, 0.4) is 0 Å². The van der Waals surface area contributed by atoms with E-state index < -0.39 is 0 Å². The van der Waals surface area contributed by atoms with Gasteiger partial charge < -0.3 is 9.84 Å². The van der Waals surface area contributed by atoms with E-state index in [2.05, 4.69) is 10.5 Å². The van der Waals surface area contributed by atoms with Crippen LogP contribution in [-0.2, 0) is 0 Å². The summed E-state index contributed by atoms with van der Waals surface area (Å²) in [5.41, 5.74) is 2.13. The lowest BCUT2D eigenvalue weighted by Crippen LogP contribution is -2.11. The number of nitrogens with one attached hydrogen (secondary N) is 1. The Morgan fingerprint density at radius 1 is 0.885 bits per heavy atom. The fourth-order valence-corrected chi connectivity index (χ4v) is 2.63. The van der Waals surface area contributed by atoms with Gasteiger partial charge in [-0.25, -0.2) is 8.78 Å². The zero-order valence-electron chi connectivity index (χ0n) is 13.4. The number of amides is 1. The minimum Gasteiger partial charge on any atom is -0.355 e. The number of nitrogens with zero attached hydrogens (tertiary/aromatic N) is 1. The molecule has 0 saturated heterocycles. The molecule has 4 nitrogen and oxygen atoms in total. The van der Waals surface area contributed by atoms with Gasteiger partial charge in [0.2, 0.25) is 0 Å². The molecule has 0 saturated carbocycles. The normalized spacial score (nSPS) is 10.8. The van der Waals surface area contributed by atoms with E-state index in [4.69, 9.17) is 4.52 Å². The van der Waals surface area contributed by atoms with Gasteiger partial charge in [0, 0.05) is 16.8 Å². The quantitative estimate of drug-likeness (QED) is 0.564. The molecule has 0 aliphatic rings. The fourth-order valence-electron chi connectivity index (χ4n) is 2.63. The first-order chi connectivity index (χ1) is 12.6. The van der Waals surface area contributed by atoms with E-state index in [1.807, 2.05) is 0 Å². The van der Waals surface area contributed by atoms with Gasteiger partial charge in [-0.05, 0) is 66.7 Å². The van der Waals surface area contributed by atoms with Gasteiger partial charge in [-0.2, -0.15) is 0 Å². The standard InChI is InChI=1S/C20H12F2N2O2/c21-14-4-1-12(2-5-14)19-17-11-13(3-10-18(17)24-26-19)20(25)23-16-8-6-15(22)7-9-16/h1-11H,(H,23,25). The van der Waals surface area contributed by atoms with Crippen LogP contribution >= 0.6 is 0 Å². The van der Waals surface area contributed by atoms with Crippen LogP contribution in [0.25, 0.3) is 22.2 Å². The maximum absolute atomic E-state index is 13.1. The van der Waals surface area contributed by atoms with Gasteiger partial charge in [0.1, 0.15) is 17.2 Å². The van der Waals surface area contributed by atoms with Gasteiger partial charge in [-0.3, -0.25) is 4.79 Å². The van der Waals surface area contributed by atoms with Crippen LogP contribution < -0.4 is 5.32 Å². The van der Waals surface area contributed by atoms with E-state index in [1.54, 1.807) is 30.3 Å². The second kappa shape index (κ2) is 6.40. The van der Waals surface area contributed by atoms with Crippen molar-refractivity contribution >= 4 is 22.5 Å². The third-order valence-corrected chi connectivity index (χ3v) is 3.95. The SMILES string of the molecule is O=C(Nc1ccc(F)cc1)c1ccc2noc(-c3ccc(F)cc3)c2c1. The number of fused-ring (bicyclic) bond motifs is 1. The predicted octanol–water partition coefficient (Wildman–Crippen LogP) is 5.03. The average Bonchev–Trinajstić information content (AvgIpc) is 3.07. The van der Waals surface area contributed by atoms with Crippen LogP contribution in [0.2, 0.25) is 0 Å². The summed E-state index contributed by atoms with van der Waals surface area (Å²) >= 11 is 0. The topological polar surface area (TPSA) is 55.1 Å². The molecule has 128 valence electrons. The highest BCUT2D eigenvalue weighted by atomic mass is 19.1. The molecule has 3 aromatic carbocycles. The minimum atomic E-state index is -0.377. The largest absolute Gasteiger partial charge is 0.355 e. The molecule has 0 unspecified atom stereocenters. The number of carbonyl (C=O) groups excluding carboxylic acids is 1. The fraction of sp³-hybridized carbons (Fsp3) is 0. The van der Waals surface area contributed by atoms with Gasteiger partial charge in [0.25, 0.3) is 5.91 Å². The van der Waals surface area contributed by atoms with Crippen molar-refractivity contribution in [3.8, 4) is 11.3 Å². The van der Waals surface area contributed by atoms with Crippen LogP contribution in [0.5, 0.6) is 0 Å². The molecule has 6 heteroatoms. The van der Waals surface area contributed by atoms with Gasteiger partial charge >= 0.3 is 0 Å². The summed E-state index contributed by atoms with van der Waals surface area (Å²) in [5.74, 6) is -0.615. The second-order valence-electron chi connectivity index (χ2n) is 5.71. The Morgan fingerprint density at radius 3 is 2.23 bits per heavy atom. The molecule has 0 atom stereocenters. The summed E-state index contributed by atoms with van der Waals surface area (Å²) in [4.78, 5) is 12.5. The zero-order chi connectivity index (χ0) is 18.1. The number of aromatic nitrogens is 1. The molecule has 0 aliphatic heterocycles. The zero-order valence-corrected chi connectivity index (χ0v) is 13.4. The summed E-state index contributed by atoms with van der Waals surface area (Å²) in [6, 6.07) is 16.3. The van der Waals surface area contributed by atoms with Crippen molar-refractivity contribution < 1.29 is 18.1 Å². The first-order valence-corrected chi connectivity index (χ1v) is 7.82. The minimum absolute atomic E-state index is 0.343. The third kappa shape index (κ3) is 3.04. The summed E-state index contributed by atoms with van der Waals surface area (Å²) in [6.45, 7) is 0. The van der Waals surface area contributed by atoms with Gasteiger partial charge in [-0.15, -0.1) is 0 Å². The summed E-state index contributed by atoms with van der Waals surface area (Å²) in [5, 5.41) is 7.31. The van der Waals surface area contributed by atoms with E-state index in [9.17, 15) is 13.6 Å². The molecule has 26 heavy (non-hydrogen) atoms. The molecule has 4 aromatic rings. The van der Waals surface area contributed by atoms with Gasteiger partial charge in [0.05, 0.1) is 5.39 Å². The van der Waals surface area contributed by atoms with Crippen molar-refractivity contribution in [2.45, 2.75) is 0 Å². The molecule has 0 aliphatic carbocycles. The van der Waals surface area contributed by atoms with E-state index in [-0.39, 0.29) is 17.5 Å². The van der Waals surface area contributed by atoms with Crippen molar-refractivity contribution in [2.24, 2.45) is 0 Å². The second-order valence-corrected chi connectivity index (χ2v) is 5.71. The molecule has 0 bridgehead atoms. The Morgan fingerprint density at radius 2 is 1.54 bits per heavy atom. The highest BCUT2D eigenvalue weighted by Gasteiger charge is 2.14.